The smallest absolute Gasteiger partial charge is 0.236 e. The number of nitrogens with zero attached hydrogens (tertiary/aromatic N) is 2. The lowest BCUT2D eigenvalue weighted by Gasteiger charge is -2.30. The highest BCUT2D eigenvalue weighted by Crippen LogP contribution is 2.67. The lowest BCUT2D eigenvalue weighted by molar-refractivity contribution is -0.147. The van der Waals surface area contributed by atoms with Crippen molar-refractivity contribution in [1.29, 1.82) is 0 Å². The highest BCUT2D eigenvalue weighted by atomic mass is 16.2. The first-order chi connectivity index (χ1) is 12.8. The van der Waals surface area contributed by atoms with E-state index in [9.17, 15) is 19.2 Å². The standard InChI is InChI=1S/C22H32N2O4/c1-20(2,3)23-16(25)13-8-7-9-15-18(27)24(21(4,5)6)19(28)22(15)11-12(22)10-14(13)17(23)26/h12-15H,7-11H2,1-6H3. The van der Waals surface area contributed by atoms with Gasteiger partial charge in [-0.2, -0.15) is 0 Å². The van der Waals surface area contributed by atoms with Gasteiger partial charge in [-0.15, -0.1) is 0 Å². The monoisotopic (exact) mass is 388 g/mol. The number of rotatable bonds is 0. The van der Waals surface area contributed by atoms with Gasteiger partial charge in [0.2, 0.25) is 23.6 Å². The fraction of sp³-hybridized carbons (Fsp3) is 0.818. The molecule has 0 aromatic heterocycles. The molecule has 6 nitrogen and oxygen atoms in total. The summed E-state index contributed by atoms with van der Waals surface area (Å²) in [6.45, 7) is 11.4. The van der Waals surface area contributed by atoms with E-state index >= 15 is 0 Å². The lowest BCUT2D eigenvalue weighted by Crippen LogP contribution is -2.46. The molecule has 2 heterocycles. The van der Waals surface area contributed by atoms with Crippen LogP contribution in [0.3, 0.4) is 0 Å². The fourth-order valence-electron chi connectivity index (χ4n) is 6.06. The van der Waals surface area contributed by atoms with Gasteiger partial charge in [0.05, 0.1) is 23.2 Å². The Labute approximate surface area is 167 Å². The van der Waals surface area contributed by atoms with E-state index in [1.54, 1.807) is 0 Å². The van der Waals surface area contributed by atoms with Gasteiger partial charge < -0.3 is 0 Å². The van der Waals surface area contributed by atoms with Crippen molar-refractivity contribution in [2.45, 2.75) is 84.7 Å². The molecule has 28 heavy (non-hydrogen) atoms. The topological polar surface area (TPSA) is 74.8 Å². The van der Waals surface area contributed by atoms with Crippen molar-refractivity contribution < 1.29 is 19.2 Å². The first kappa shape index (κ1) is 19.6. The number of carbonyl (C=O) groups is 4. The maximum Gasteiger partial charge on any atom is 0.236 e. The molecule has 2 saturated heterocycles. The average Bonchev–Trinajstić information content (AvgIpc) is 3.10. The summed E-state index contributed by atoms with van der Waals surface area (Å²) in [6, 6.07) is 0. The SMILES string of the molecule is CC(C)(C)N1C(=O)C2CCCC3C(=O)N(C(C)(C)C)C(=O)C34CC4CC2C1=O. The molecule has 0 bridgehead atoms. The van der Waals surface area contributed by atoms with Crippen molar-refractivity contribution in [3.05, 3.63) is 0 Å². The van der Waals surface area contributed by atoms with E-state index < -0.39 is 16.5 Å². The largest absolute Gasteiger partial charge is 0.277 e. The highest BCUT2D eigenvalue weighted by molar-refractivity contribution is 6.10. The summed E-state index contributed by atoms with van der Waals surface area (Å²) < 4.78 is 0. The second-order valence-electron chi connectivity index (χ2n) is 11.2. The molecule has 154 valence electrons. The zero-order chi connectivity index (χ0) is 20.8. The van der Waals surface area contributed by atoms with Crippen LogP contribution in [0, 0.1) is 29.1 Å². The summed E-state index contributed by atoms with van der Waals surface area (Å²) in [5, 5.41) is 0. The van der Waals surface area contributed by atoms with Crippen LogP contribution < -0.4 is 0 Å². The second kappa shape index (κ2) is 5.67. The molecule has 4 aliphatic rings. The molecule has 0 N–H and O–H groups in total. The van der Waals surface area contributed by atoms with Crippen LogP contribution in [-0.2, 0) is 19.2 Å². The molecular weight excluding hydrogens is 356 g/mol. The number of carbonyl (C=O) groups excluding carboxylic acids is 4. The summed E-state index contributed by atoms with van der Waals surface area (Å²) in [5.41, 5.74) is -1.69. The molecule has 0 aromatic rings. The van der Waals surface area contributed by atoms with Gasteiger partial charge in [-0.3, -0.25) is 29.0 Å². The molecular formula is C22H32N2O4. The minimum Gasteiger partial charge on any atom is -0.277 e. The van der Waals surface area contributed by atoms with E-state index in [4.69, 9.17) is 0 Å². The van der Waals surface area contributed by atoms with Crippen LogP contribution in [-0.4, -0.2) is 44.5 Å². The molecule has 1 spiro atoms. The van der Waals surface area contributed by atoms with E-state index in [1.807, 2.05) is 41.5 Å². The van der Waals surface area contributed by atoms with Crippen molar-refractivity contribution in [1.82, 2.24) is 9.80 Å². The number of likely N-dealkylation sites (tertiary alicyclic amines) is 2. The summed E-state index contributed by atoms with van der Waals surface area (Å²) in [7, 11) is 0. The molecule has 4 rings (SSSR count). The molecule has 6 heteroatoms. The van der Waals surface area contributed by atoms with E-state index in [0.717, 1.165) is 0 Å². The zero-order valence-electron chi connectivity index (χ0n) is 17.9. The second-order valence-corrected chi connectivity index (χ2v) is 11.2. The van der Waals surface area contributed by atoms with Gasteiger partial charge in [0, 0.05) is 11.1 Å². The van der Waals surface area contributed by atoms with Gasteiger partial charge in [-0.05, 0) is 73.1 Å². The maximum atomic E-state index is 13.3. The molecule has 5 atom stereocenters. The van der Waals surface area contributed by atoms with Crippen molar-refractivity contribution in [3.8, 4) is 0 Å². The Bertz CT molecular complexity index is 774. The van der Waals surface area contributed by atoms with Crippen LogP contribution in [0.4, 0.5) is 0 Å². The molecule has 5 unspecified atom stereocenters. The normalized spacial score (nSPS) is 38.6. The van der Waals surface area contributed by atoms with Crippen LogP contribution in [0.5, 0.6) is 0 Å². The fourth-order valence-corrected chi connectivity index (χ4v) is 6.06. The Morgan fingerprint density at radius 2 is 1.36 bits per heavy atom. The van der Waals surface area contributed by atoms with Gasteiger partial charge in [-0.1, -0.05) is 6.42 Å². The highest BCUT2D eigenvalue weighted by Gasteiger charge is 2.74. The van der Waals surface area contributed by atoms with Gasteiger partial charge in [-0.25, -0.2) is 0 Å². The number of imide groups is 2. The maximum absolute atomic E-state index is 13.3. The Hall–Kier alpha value is -1.72. The van der Waals surface area contributed by atoms with Gasteiger partial charge >= 0.3 is 0 Å². The molecule has 2 aliphatic heterocycles. The Balaban J connectivity index is 1.66. The van der Waals surface area contributed by atoms with Gasteiger partial charge in [0.25, 0.3) is 0 Å². The minimum absolute atomic E-state index is 0.0311. The van der Waals surface area contributed by atoms with Crippen LogP contribution in [0.1, 0.15) is 73.6 Å². The lowest BCUT2D eigenvalue weighted by atomic mass is 9.84. The summed E-state index contributed by atoms with van der Waals surface area (Å²) in [4.78, 5) is 55.5. The first-order valence-corrected chi connectivity index (χ1v) is 10.6. The van der Waals surface area contributed by atoms with Crippen LogP contribution >= 0.6 is 0 Å². The zero-order valence-corrected chi connectivity index (χ0v) is 17.9. The Kier molecular flexibility index (Phi) is 3.97. The third-order valence-electron chi connectivity index (χ3n) is 7.34. The third-order valence-corrected chi connectivity index (χ3v) is 7.34. The number of hydrogen-bond donors (Lipinski definition) is 0. The molecule has 2 saturated carbocycles. The summed E-state index contributed by atoms with van der Waals surface area (Å²) in [6.07, 6.45) is 3.19. The van der Waals surface area contributed by atoms with E-state index in [2.05, 4.69) is 0 Å². The molecule has 0 radical (unpaired) electrons. The van der Waals surface area contributed by atoms with Gasteiger partial charge in [0.1, 0.15) is 0 Å². The Morgan fingerprint density at radius 1 is 0.786 bits per heavy atom. The van der Waals surface area contributed by atoms with Crippen LogP contribution in [0.25, 0.3) is 0 Å². The van der Waals surface area contributed by atoms with E-state index in [-0.39, 0.29) is 47.3 Å². The Morgan fingerprint density at radius 3 is 1.93 bits per heavy atom. The first-order valence-electron chi connectivity index (χ1n) is 10.6. The number of fused-ring (bicyclic) bond motifs is 1. The molecule has 4 fully saturated rings. The van der Waals surface area contributed by atoms with E-state index in [1.165, 1.54) is 9.80 Å². The van der Waals surface area contributed by atoms with Gasteiger partial charge in [0.15, 0.2) is 0 Å². The van der Waals surface area contributed by atoms with Crippen molar-refractivity contribution >= 4 is 23.6 Å². The van der Waals surface area contributed by atoms with Crippen molar-refractivity contribution in [2.75, 3.05) is 0 Å². The predicted molar refractivity (Wildman–Crippen MR) is 103 cm³/mol. The summed E-state index contributed by atoms with van der Waals surface area (Å²) in [5.74, 6) is -1.17. The van der Waals surface area contributed by atoms with E-state index in [0.29, 0.717) is 32.1 Å². The van der Waals surface area contributed by atoms with Crippen LogP contribution in [0.15, 0.2) is 0 Å². The van der Waals surface area contributed by atoms with Crippen molar-refractivity contribution in [2.24, 2.45) is 29.1 Å². The minimum atomic E-state index is -0.627. The average molecular weight is 389 g/mol. The molecule has 2 aliphatic carbocycles. The predicted octanol–water partition coefficient (Wildman–Crippen LogP) is 2.75. The molecule has 0 aromatic carbocycles. The quantitative estimate of drug-likeness (QED) is 0.598. The van der Waals surface area contributed by atoms with Crippen molar-refractivity contribution in [3.63, 3.8) is 0 Å². The molecule has 4 amide bonds. The number of amides is 4. The number of hydrogen-bond acceptors (Lipinski definition) is 4. The third kappa shape index (κ3) is 2.45. The van der Waals surface area contributed by atoms with Crippen LogP contribution in [0.2, 0.25) is 0 Å². The summed E-state index contributed by atoms with van der Waals surface area (Å²) >= 11 is 0.